The zero-order valence-electron chi connectivity index (χ0n) is 10.7. The molecule has 1 fully saturated rings. The first-order valence-electron chi connectivity index (χ1n) is 6.06. The molecule has 102 valence electrons. The van der Waals surface area contributed by atoms with Crippen LogP contribution in [0, 0.1) is 10.1 Å². The molecule has 1 N–H and O–H groups in total. The molecule has 0 aromatic heterocycles. The standard InChI is InChI=1S/C12H16N4O3/c1-14-6-8-15(9-7-14)13-12(17)10-4-2-3-5-11(10)16(18)19/h2-5H,6-9H2,1H3,(H,13,17). The number of hydrogen-bond donors (Lipinski definition) is 1. The predicted molar refractivity (Wildman–Crippen MR) is 69.6 cm³/mol. The number of carbonyl (C=O) groups excluding carboxylic acids is 1. The van der Waals surface area contributed by atoms with E-state index in [2.05, 4.69) is 10.3 Å². The van der Waals surface area contributed by atoms with Gasteiger partial charge in [-0.3, -0.25) is 20.3 Å². The number of nitrogens with one attached hydrogen (secondary N) is 1. The minimum absolute atomic E-state index is 0.0893. The normalized spacial score (nSPS) is 17.1. The van der Waals surface area contributed by atoms with Crippen molar-refractivity contribution in [3.8, 4) is 0 Å². The predicted octanol–water partition coefficient (Wildman–Crippen LogP) is 0.487. The molecule has 0 radical (unpaired) electrons. The van der Waals surface area contributed by atoms with Crippen molar-refractivity contribution >= 4 is 11.6 Å². The molecular formula is C12H16N4O3. The molecule has 0 bridgehead atoms. The van der Waals surface area contributed by atoms with Gasteiger partial charge in [-0.2, -0.15) is 0 Å². The number of nitrogens with zero attached hydrogens (tertiary/aromatic N) is 3. The Kier molecular flexibility index (Phi) is 4.08. The minimum atomic E-state index is -0.543. The number of likely N-dealkylation sites (N-methyl/N-ethyl adjacent to an activating group) is 1. The molecule has 0 spiro atoms. The smallest absolute Gasteiger partial charge is 0.282 e. The quantitative estimate of drug-likeness (QED) is 0.635. The zero-order chi connectivity index (χ0) is 13.8. The first-order valence-corrected chi connectivity index (χ1v) is 6.06. The Morgan fingerprint density at radius 2 is 1.89 bits per heavy atom. The van der Waals surface area contributed by atoms with Crippen LogP contribution in [0.15, 0.2) is 24.3 Å². The lowest BCUT2D eigenvalue weighted by atomic mass is 10.2. The Hall–Kier alpha value is -1.99. The van der Waals surface area contributed by atoms with Gasteiger partial charge < -0.3 is 4.90 Å². The molecule has 1 aliphatic heterocycles. The van der Waals surface area contributed by atoms with Crippen LogP contribution < -0.4 is 5.43 Å². The van der Waals surface area contributed by atoms with Gasteiger partial charge in [0.15, 0.2) is 0 Å². The number of hydrazine groups is 1. The Morgan fingerprint density at radius 3 is 2.53 bits per heavy atom. The maximum Gasteiger partial charge on any atom is 0.282 e. The summed E-state index contributed by atoms with van der Waals surface area (Å²) < 4.78 is 0. The Balaban J connectivity index is 2.06. The second kappa shape index (κ2) is 5.77. The molecule has 1 aliphatic rings. The SMILES string of the molecule is CN1CCN(NC(=O)c2ccccc2[N+](=O)[O-])CC1. The second-order valence-electron chi connectivity index (χ2n) is 4.51. The van der Waals surface area contributed by atoms with E-state index in [0.717, 1.165) is 13.1 Å². The lowest BCUT2D eigenvalue weighted by Crippen LogP contribution is -2.52. The van der Waals surface area contributed by atoms with Gasteiger partial charge in [0.25, 0.3) is 11.6 Å². The molecule has 0 saturated carbocycles. The number of benzene rings is 1. The van der Waals surface area contributed by atoms with Crippen molar-refractivity contribution in [1.29, 1.82) is 0 Å². The highest BCUT2D eigenvalue weighted by atomic mass is 16.6. The Morgan fingerprint density at radius 1 is 1.26 bits per heavy atom. The van der Waals surface area contributed by atoms with Crippen molar-refractivity contribution in [3.63, 3.8) is 0 Å². The summed E-state index contributed by atoms with van der Waals surface area (Å²) >= 11 is 0. The maximum absolute atomic E-state index is 12.0. The summed E-state index contributed by atoms with van der Waals surface area (Å²) in [5, 5.41) is 12.7. The molecule has 1 aromatic carbocycles. The average molecular weight is 264 g/mol. The average Bonchev–Trinajstić information content (AvgIpc) is 2.41. The number of piperazine rings is 1. The van der Waals surface area contributed by atoms with Gasteiger partial charge in [-0.05, 0) is 13.1 Å². The van der Waals surface area contributed by atoms with Crippen molar-refractivity contribution in [2.45, 2.75) is 0 Å². The highest BCUT2D eigenvalue weighted by Crippen LogP contribution is 2.17. The van der Waals surface area contributed by atoms with E-state index >= 15 is 0 Å². The molecular weight excluding hydrogens is 248 g/mol. The lowest BCUT2D eigenvalue weighted by Gasteiger charge is -2.32. The van der Waals surface area contributed by atoms with E-state index < -0.39 is 10.8 Å². The van der Waals surface area contributed by atoms with Crippen molar-refractivity contribution in [3.05, 3.63) is 39.9 Å². The van der Waals surface area contributed by atoms with E-state index in [0.29, 0.717) is 13.1 Å². The molecule has 7 nitrogen and oxygen atoms in total. The van der Waals surface area contributed by atoms with E-state index in [4.69, 9.17) is 0 Å². The molecule has 7 heteroatoms. The lowest BCUT2D eigenvalue weighted by molar-refractivity contribution is -0.385. The summed E-state index contributed by atoms with van der Waals surface area (Å²) in [6.45, 7) is 3.14. The largest absolute Gasteiger partial charge is 0.304 e. The van der Waals surface area contributed by atoms with Gasteiger partial charge in [0.05, 0.1) is 4.92 Å². The van der Waals surface area contributed by atoms with E-state index in [1.807, 2.05) is 7.05 Å². The monoisotopic (exact) mass is 264 g/mol. The summed E-state index contributed by atoms with van der Waals surface area (Å²) in [7, 11) is 2.02. The van der Waals surface area contributed by atoms with Crippen LogP contribution in [0.25, 0.3) is 0 Å². The Bertz CT molecular complexity index is 484. The molecule has 1 saturated heterocycles. The van der Waals surface area contributed by atoms with Crippen LogP contribution in [0.4, 0.5) is 5.69 Å². The summed E-state index contributed by atoms with van der Waals surface area (Å²) in [5.41, 5.74) is 2.63. The van der Waals surface area contributed by atoms with Crippen LogP contribution in [0.5, 0.6) is 0 Å². The summed E-state index contributed by atoms with van der Waals surface area (Å²) in [5.74, 6) is -0.433. The third-order valence-electron chi connectivity index (χ3n) is 3.11. The van der Waals surface area contributed by atoms with Crippen LogP contribution in [0.1, 0.15) is 10.4 Å². The third kappa shape index (κ3) is 3.27. The zero-order valence-corrected chi connectivity index (χ0v) is 10.7. The number of nitro benzene ring substituents is 1. The molecule has 19 heavy (non-hydrogen) atoms. The van der Waals surface area contributed by atoms with Gasteiger partial charge in [-0.1, -0.05) is 12.1 Å². The van der Waals surface area contributed by atoms with Crippen molar-refractivity contribution in [2.24, 2.45) is 0 Å². The van der Waals surface area contributed by atoms with Crippen LogP contribution in [-0.2, 0) is 0 Å². The van der Waals surface area contributed by atoms with Gasteiger partial charge in [-0.25, -0.2) is 5.01 Å². The highest BCUT2D eigenvalue weighted by molar-refractivity contribution is 5.97. The van der Waals surface area contributed by atoms with Gasteiger partial charge in [0.1, 0.15) is 5.56 Å². The number of nitro groups is 1. The number of para-hydroxylation sites is 1. The molecule has 0 atom stereocenters. The van der Waals surface area contributed by atoms with Gasteiger partial charge in [-0.15, -0.1) is 0 Å². The highest BCUT2D eigenvalue weighted by Gasteiger charge is 2.22. The Labute approximate surface area is 110 Å². The second-order valence-corrected chi connectivity index (χ2v) is 4.51. The summed E-state index contributed by atoms with van der Waals surface area (Å²) in [6, 6.07) is 5.96. The van der Waals surface area contributed by atoms with E-state index in [-0.39, 0.29) is 11.3 Å². The number of rotatable bonds is 3. The van der Waals surface area contributed by atoms with Crippen molar-refractivity contribution in [1.82, 2.24) is 15.3 Å². The van der Waals surface area contributed by atoms with Gasteiger partial charge >= 0.3 is 0 Å². The summed E-state index contributed by atoms with van der Waals surface area (Å²) in [6.07, 6.45) is 0. The third-order valence-corrected chi connectivity index (χ3v) is 3.11. The van der Waals surface area contributed by atoms with Crippen LogP contribution in [-0.4, -0.2) is 54.0 Å². The molecule has 1 aromatic rings. The molecule has 1 amide bonds. The molecule has 1 heterocycles. The minimum Gasteiger partial charge on any atom is -0.304 e. The first-order chi connectivity index (χ1) is 9.08. The van der Waals surface area contributed by atoms with Gasteiger partial charge in [0.2, 0.25) is 0 Å². The van der Waals surface area contributed by atoms with E-state index in [1.165, 1.54) is 12.1 Å². The number of amides is 1. The van der Waals surface area contributed by atoms with Gasteiger partial charge in [0, 0.05) is 32.2 Å². The fraction of sp³-hybridized carbons (Fsp3) is 0.417. The number of carbonyl (C=O) groups is 1. The maximum atomic E-state index is 12.0. The van der Waals surface area contributed by atoms with Crippen LogP contribution in [0.3, 0.4) is 0 Å². The summed E-state index contributed by atoms with van der Waals surface area (Å²) in [4.78, 5) is 24.5. The molecule has 0 aliphatic carbocycles. The van der Waals surface area contributed by atoms with E-state index in [9.17, 15) is 14.9 Å². The number of hydrogen-bond acceptors (Lipinski definition) is 5. The molecule has 0 unspecified atom stereocenters. The molecule has 2 rings (SSSR count). The topological polar surface area (TPSA) is 78.7 Å². The van der Waals surface area contributed by atoms with E-state index in [1.54, 1.807) is 17.1 Å². The van der Waals surface area contributed by atoms with Crippen molar-refractivity contribution < 1.29 is 9.72 Å². The first kappa shape index (κ1) is 13.4. The van der Waals surface area contributed by atoms with Crippen molar-refractivity contribution in [2.75, 3.05) is 33.2 Å². The van der Waals surface area contributed by atoms with Crippen LogP contribution in [0.2, 0.25) is 0 Å². The fourth-order valence-electron chi connectivity index (χ4n) is 1.95. The van der Waals surface area contributed by atoms with Crippen LogP contribution >= 0.6 is 0 Å². The fourth-order valence-corrected chi connectivity index (χ4v) is 1.95.